The van der Waals surface area contributed by atoms with E-state index in [-0.39, 0.29) is 11.3 Å². The Bertz CT molecular complexity index is 577. The molecule has 0 bridgehead atoms. The van der Waals surface area contributed by atoms with Crippen LogP contribution in [0.15, 0.2) is 24.3 Å². The summed E-state index contributed by atoms with van der Waals surface area (Å²) in [4.78, 5) is 15.1. The number of rotatable bonds is 2. The third kappa shape index (κ3) is 2.18. The summed E-state index contributed by atoms with van der Waals surface area (Å²) in [6, 6.07) is 9.40. The van der Waals surface area contributed by atoms with Gasteiger partial charge in [-0.3, -0.25) is 4.79 Å². The zero-order chi connectivity index (χ0) is 15.2. The SMILES string of the molecule is CNC1CCN(C(=O)C2CC23CCCc2ccccc23)CC1. The zero-order valence-corrected chi connectivity index (χ0v) is 13.5. The molecule has 3 aliphatic rings. The number of nitrogens with one attached hydrogen (secondary N) is 1. The van der Waals surface area contributed by atoms with Gasteiger partial charge < -0.3 is 10.2 Å². The summed E-state index contributed by atoms with van der Waals surface area (Å²) < 4.78 is 0. The molecule has 2 unspecified atom stereocenters. The van der Waals surface area contributed by atoms with Crippen LogP contribution in [0.3, 0.4) is 0 Å². The number of carbonyl (C=O) groups is 1. The summed E-state index contributed by atoms with van der Waals surface area (Å²) in [7, 11) is 2.02. The zero-order valence-electron chi connectivity index (χ0n) is 13.5. The van der Waals surface area contributed by atoms with Crippen LogP contribution < -0.4 is 5.32 Å². The third-order valence-corrected chi connectivity index (χ3v) is 6.21. The Balaban J connectivity index is 1.49. The minimum Gasteiger partial charge on any atom is -0.342 e. The van der Waals surface area contributed by atoms with E-state index in [1.54, 1.807) is 0 Å². The number of benzene rings is 1. The molecule has 1 aromatic carbocycles. The van der Waals surface area contributed by atoms with E-state index in [1.165, 1.54) is 30.4 Å². The van der Waals surface area contributed by atoms with Gasteiger partial charge in [-0.25, -0.2) is 0 Å². The molecule has 2 fully saturated rings. The highest BCUT2D eigenvalue weighted by molar-refractivity contribution is 5.85. The summed E-state index contributed by atoms with van der Waals surface area (Å²) in [5.74, 6) is 0.673. The summed E-state index contributed by atoms with van der Waals surface area (Å²) in [5.41, 5.74) is 3.15. The first kappa shape index (κ1) is 14.3. The fourth-order valence-corrected chi connectivity index (χ4v) is 4.76. The van der Waals surface area contributed by atoms with Gasteiger partial charge in [-0.15, -0.1) is 0 Å². The van der Waals surface area contributed by atoms with E-state index in [0.717, 1.165) is 32.4 Å². The normalized spacial score (nSPS) is 31.1. The molecule has 1 aromatic rings. The number of hydrogen-bond acceptors (Lipinski definition) is 2. The molecular formula is C19H26N2O. The Morgan fingerprint density at radius 2 is 2.05 bits per heavy atom. The molecule has 1 spiro atoms. The number of fused-ring (bicyclic) bond motifs is 2. The van der Waals surface area contributed by atoms with Gasteiger partial charge in [0.2, 0.25) is 5.91 Å². The number of aryl methyl sites for hydroxylation is 1. The van der Waals surface area contributed by atoms with Crippen molar-refractivity contribution in [2.45, 2.75) is 50.0 Å². The number of nitrogens with zero attached hydrogens (tertiary/aromatic N) is 1. The van der Waals surface area contributed by atoms with E-state index in [4.69, 9.17) is 0 Å². The van der Waals surface area contributed by atoms with E-state index in [9.17, 15) is 4.79 Å². The maximum Gasteiger partial charge on any atom is 0.226 e. The second kappa shape index (κ2) is 5.38. The smallest absolute Gasteiger partial charge is 0.226 e. The molecule has 2 atom stereocenters. The van der Waals surface area contributed by atoms with Crippen LogP contribution in [-0.2, 0) is 16.6 Å². The topological polar surface area (TPSA) is 32.3 Å². The van der Waals surface area contributed by atoms with Gasteiger partial charge in [-0.05, 0) is 56.7 Å². The summed E-state index contributed by atoms with van der Waals surface area (Å²) in [6.07, 6.45) is 6.90. The highest BCUT2D eigenvalue weighted by Gasteiger charge is 2.60. The maximum absolute atomic E-state index is 12.9. The first-order chi connectivity index (χ1) is 10.7. The fraction of sp³-hybridized carbons (Fsp3) is 0.632. The minimum absolute atomic E-state index is 0.186. The van der Waals surface area contributed by atoms with Gasteiger partial charge in [-0.1, -0.05) is 24.3 Å². The molecule has 1 heterocycles. The predicted octanol–water partition coefficient (Wildman–Crippen LogP) is 2.49. The van der Waals surface area contributed by atoms with Crippen molar-refractivity contribution in [2.75, 3.05) is 20.1 Å². The molecule has 2 aliphatic carbocycles. The van der Waals surface area contributed by atoms with Crippen molar-refractivity contribution in [2.24, 2.45) is 5.92 Å². The number of likely N-dealkylation sites (tertiary alicyclic amines) is 1. The standard InChI is InChI=1S/C19H26N2O/c1-20-15-8-11-21(12-9-15)18(22)17-13-19(17)10-4-6-14-5-2-3-7-16(14)19/h2-3,5,7,15,17,20H,4,6,8-13H2,1H3. The van der Waals surface area contributed by atoms with Crippen LogP contribution >= 0.6 is 0 Å². The molecule has 0 aromatic heterocycles. The van der Waals surface area contributed by atoms with E-state index in [0.29, 0.717) is 11.9 Å². The average molecular weight is 298 g/mol. The minimum atomic E-state index is 0.186. The molecule has 3 nitrogen and oxygen atoms in total. The van der Waals surface area contributed by atoms with Crippen LogP contribution in [0.25, 0.3) is 0 Å². The lowest BCUT2D eigenvalue weighted by Crippen LogP contribution is -2.45. The van der Waals surface area contributed by atoms with Crippen LogP contribution in [0.5, 0.6) is 0 Å². The predicted molar refractivity (Wildman–Crippen MR) is 87.8 cm³/mol. The molecule has 4 rings (SSSR count). The second-order valence-electron chi connectivity index (χ2n) is 7.31. The second-order valence-corrected chi connectivity index (χ2v) is 7.31. The maximum atomic E-state index is 12.9. The summed E-state index contributed by atoms with van der Waals surface area (Å²) >= 11 is 0. The van der Waals surface area contributed by atoms with Crippen molar-refractivity contribution in [3.05, 3.63) is 35.4 Å². The number of piperidine rings is 1. The van der Waals surface area contributed by atoms with Crippen molar-refractivity contribution in [3.8, 4) is 0 Å². The molecule has 1 amide bonds. The third-order valence-electron chi connectivity index (χ3n) is 6.21. The van der Waals surface area contributed by atoms with Crippen molar-refractivity contribution < 1.29 is 4.79 Å². The molecular weight excluding hydrogens is 272 g/mol. The highest BCUT2D eigenvalue weighted by Crippen LogP contribution is 2.60. The molecule has 1 saturated heterocycles. The van der Waals surface area contributed by atoms with Crippen LogP contribution in [0.1, 0.15) is 43.2 Å². The van der Waals surface area contributed by atoms with E-state index in [2.05, 4.69) is 34.5 Å². The molecule has 3 heteroatoms. The lowest BCUT2D eigenvalue weighted by molar-refractivity contribution is -0.134. The van der Waals surface area contributed by atoms with E-state index >= 15 is 0 Å². The first-order valence-corrected chi connectivity index (χ1v) is 8.79. The van der Waals surface area contributed by atoms with Crippen molar-refractivity contribution >= 4 is 5.91 Å². The molecule has 118 valence electrons. The highest BCUT2D eigenvalue weighted by atomic mass is 16.2. The van der Waals surface area contributed by atoms with Crippen molar-refractivity contribution in [3.63, 3.8) is 0 Å². The Kier molecular flexibility index (Phi) is 3.48. The first-order valence-electron chi connectivity index (χ1n) is 8.79. The largest absolute Gasteiger partial charge is 0.342 e. The van der Waals surface area contributed by atoms with E-state index < -0.39 is 0 Å². The lowest BCUT2D eigenvalue weighted by Gasteiger charge is -2.33. The fourth-order valence-electron chi connectivity index (χ4n) is 4.76. The molecule has 0 radical (unpaired) electrons. The van der Waals surface area contributed by atoms with Crippen molar-refractivity contribution in [1.29, 1.82) is 0 Å². The monoisotopic (exact) mass is 298 g/mol. The van der Waals surface area contributed by atoms with Crippen molar-refractivity contribution in [1.82, 2.24) is 10.2 Å². The van der Waals surface area contributed by atoms with Crippen LogP contribution in [0.4, 0.5) is 0 Å². The Morgan fingerprint density at radius 1 is 1.27 bits per heavy atom. The molecule has 1 saturated carbocycles. The van der Waals surface area contributed by atoms with Gasteiger partial charge >= 0.3 is 0 Å². The van der Waals surface area contributed by atoms with Gasteiger partial charge in [0, 0.05) is 30.5 Å². The average Bonchev–Trinajstić information content (AvgIpc) is 3.29. The number of amides is 1. The number of hydrogen-bond donors (Lipinski definition) is 1. The Labute approximate surface area is 133 Å². The summed E-state index contributed by atoms with van der Waals surface area (Å²) in [5, 5.41) is 3.34. The van der Waals surface area contributed by atoms with Gasteiger partial charge in [-0.2, -0.15) is 0 Å². The van der Waals surface area contributed by atoms with Gasteiger partial charge in [0.15, 0.2) is 0 Å². The van der Waals surface area contributed by atoms with Crippen LogP contribution in [0, 0.1) is 5.92 Å². The molecule has 22 heavy (non-hydrogen) atoms. The van der Waals surface area contributed by atoms with Gasteiger partial charge in [0.05, 0.1) is 0 Å². The van der Waals surface area contributed by atoms with Crippen LogP contribution in [-0.4, -0.2) is 37.0 Å². The Hall–Kier alpha value is -1.35. The van der Waals surface area contributed by atoms with E-state index in [1.807, 2.05) is 7.05 Å². The number of carbonyl (C=O) groups excluding carboxylic acids is 1. The summed E-state index contributed by atoms with van der Waals surface area (Å²) in [6.45, 7) is 1.86. The van der Waals surface area contributed by atoms with Gasteiger partial charge in [0.1, 0.15) is 0 Å². The Morgan fingerprint density at radius 3 is 2.82 bits per heavy atom. The quantitative estimate of drug-likeness (QED) is 0.910. The lowest BCUT2D eigenvalue weighted by atomic mass is 9.78. The van der Waals surface area contributed by atoms with Gasteiger partial charge in [0.25, 0.3) is 0 Å². The molecule has 1 aliphatic heterocycles. The van der Waals surface area contributed by atoms with Crippen LogP contribution in [0.2, 0.25) is 0 Å². The molecule has 1 N–H and O–H groups in total.